The summed E-state index contributed by atoms with van der Waals surface area (Å²) < 4.78 is 12.5. The van der Waals surface area contributed by atoms with Crippen LogP contribution in [0.3, 0.4) is 0 Å². The van der Waals surface area contributed by atoms with Gasteiger partial charge in [-0.1, -0.05) is 0 Å². The Morgan fingerprint density at radius 2 is 2.33 bits per heavy atom. The molecular weight excluding hydrogens is 121 g/mol. The van der Waals surface area contributed by atoms with Gasteiger partial charge in [0.05, 0.1) is 6.10 Å². The lowest BCUT2D eigenvalue weighted by Crippen LogP contribution is -2.28. The lowest BCUT2D eigenvalue weighted by molar-refractivity contribution is 0.0787. The average molecular weight is 133 g/mol. The van der Waals surface area contributed by atoms with E-state index in [0.29, 0.717) is 13.0 Å². The van der Waals surface area contributed by atoms with Crippen LogP contribution in [0.25, 0.3) is 0 Å². The number of alkyl halides is 1. The Balaban J connectivity index is 2.32. The Morgan fingerprint density at radius 3 is 3.11 bits per heavy atom. The van der Waals surface area contributed by atoms with Crippen LogP contribution >= 0.6 is 0 Å². The first-order valence-electron chi connectivity index (χ1n) is 3.33. The molecule has 0 radical (unpaired) electrons. The molecule has 0 aliphatic carbocycles. The largest absolute Gasteiger partial charge is 0.390 e. The Bertz CT molecular complexity index is 79.1. The van der Waals surface area contributed by atoms with Crippen molar-refractivity contribution in [2.75, 3.05) is 13.1 Å². The average Bonchev–Trinajstić information content (AvgIpc) is 1.99. The summed E-state index contributed by atoms with van der Waals surface area (Å²) in [7, 11) is 0. The summed E-state index contributed by atoms with van der Waals surface area (Å²) >= 11 is 0. The Labute approximate surface area is 54.1 Å². The lowest BCUT2D eigenvalue weighted by atomic mass is 10.1. The van der Waals surface area contributed by atoms with Crippen LogP contribution in [0, 0.1) is 0 Å². The fourth-order valence-corrected chi connectivity index (χ4v) is 0.993. The van der Waals surface area contributed by atoms with Crippen molar-refractivity contribution in [3.63, 3.8) is 0 Å². The number of rotatable bonds is 0. The van der Waals surface area contributed by atoms with Crippen molar-refractivity contribution in [3.8, 4) is 0 Å². The zero-order chi connectivity index (χ0) is 6.69. The van der Waals surface area contributed by atoms with Gasteiger partial charge in [0.2, 0.25) is 0 Å². The van der Waals surface area contributed by atoms with Crippen molar-refractivity contribution < 1.29 is 9.50 Å². The van der Waals surface area contributed by atoms with Crippen LogP contribution in [0.1, 0.15) is 12.8 Å². The smallest absolute Gasteiger partial charge is 0.138 e. The number of aliphatic hydroxyl groups is 1. The van der Waals surface area contributed by atoms with Gasteiger partial charge >= 0.3 is 0 Å². The molecular formula is C6H12FNO. The highest BCUT2D eigenvalue weighted by molar-refractivity contribution is 4.73. The standard InChI is InChI=1S/C6H12FNO/c7-5-4-8-3-1-2-6(5)9/h5-6,8-9H,1-4H2/t5-,6?/m1/s1. The Morgan fingerprint density at radius 1 is 1.56 bits per heavy atom. The van der Waals surface area contributed by atoms with E-state index in [1.165, 1.54) is 0 Å². The summed E-state index contributed by atoms with van der Waals surface area (Å²) in [5, 5.41) is 11.8. The van der Waals surface area contributed by atoms with Gasteiger partial charge in [-0.2, -0.15) is 0 Å². The number of nitrogens with one attached hydrogen (secondary N) is 1. The predicted octanol–water partition coefficient (Wildman–Crippen LogP) is 0.0688. The van der Waals surface area contributed by atoms with Crippen LogP contribution in [0.5, 0.6) is 0 Å². The lowest BCUT2D eigenvalue weighted by Gasteiger charge is -2.09. The van der Waals surface area contributed by atoms with Gasteiger partial charge in [-0.15, -0.1) is 0 Å². The molecule has 0 bridgehead atoms. The highest BCUT2D eigenvalue weighted by atomic mass is 19.1. The van der Waals surface area contributed by atoms with Crippen LogP contribution in [0.15, 0.2) is 0 Å². The predicted molar refractivity (Wildman–Crippen MR) is 33.0 cm³/mol. The molecule has 0 spiro atoms. The minimum absolute atomic E-state index is 0.307. The zero-order valence-corrected chi connectivity index (χ0v) is 5.31. The molecule has 1 aliphatic heterocycles. The summed E-state index contributed by atoms with van der Waals surface area (Å²) in [6.07, 6.45) is -0.331. The van der Waals surface area contributed by atoms with E-state index >= 15 is 0 Å². The minimum Gasteiger partial charge on any atom is -0.390 e. The van der Waals surface area contributed by atoms with Crippen LogP contribution in [-0.2, 0) is 0 Å². The van der Waals surface area contributed by atoms with Crippen LogP contribution < -0.4 is 5.32 Å². The summed E-state index contributed by atoms with van der Waals surface area (Å²) in [6, 6.07) is 0. The third kappa shape index (κ3) is 1.91. The van der Waals surface area contributed by atoms with Crippen molar-refractivity contribution in [2.24, 2.45) is 0 Å². The first-order valence-corrected chi connectivity index (χ1v) is 3.33. The minimum atomic E-state index is -1.06. The van der Waals surface area contributed by atoms with Gasteiger partial charge in [0, 0.05) is 6.54 Å². The van der Waals surface area contributed by atoms with E-state index < -0.39 is 12.3 Å². The zero-order valence-electron chi connectivity index (χ0n) is 5.31. The second kappa shape index (κ2) is 3.13. The van der Waals surface area contributed by atoms with Gasteiger partial charge < -0.3 is 10.4 Å². The summed E-state index contributed by atoms with van der Waals surface area (Å²) in [6.45, 7) is 1.14. The summed E-state index contributed by atoms with van der Waals surface area (Å²) in [5.41, 5.74) is 0. The third-order valence-electron chi connectivity index (χ3n) is 1.61. The van der Waals surface area contributed by atoms with E-state index in [1.807, 2.05) is 0 Å². The fraction of sp³-hybridized carbons (Fsp3) is 1.00. The van der Waals surface area contributed by atoms with Gasteiger partial charge in [0.25, 0.3) is 0 Å². The third-order valence-corrected chi connectivity index (χ3v) is 1.61. The van der Waals surface area contributed by atoms with Gasteiger partial charge in [-0.3, -0.25) is 0 Å². The second-order valence-corrected chi connectivity index (χ2v) is 2.43. The van der Waals surface area contributed by atoms with Crippen molar-refractivity contribution in [1.29, 1.82) is 0 Å². The first kappa shape index (κ1) is 6.96. The molecule has 0 saturated carbocycles. The van der Waals surface area contributed by atoms with Crippen LogP contribution in [0.4, 0.5) is 4.39 Å². The van der Waals surface area contributed by atoms with Gasteiger partial charge in [0.15, 0.2) is 0 Å². The van der Waals surface area contributed by atoms with E-state index in [9.17, 15) is 4.39 Å². The molecule has 0 aromatic rings. The molecule has 0 aromatic heterocycles. The highest BCUT2D eigenvalue weighted by Gasteiger charge is 2.19. The number of aliphatic hydroxyl groups excluding tert-OH is 1. The van der Waals surface area contributed by atoms with E-state index in [4.69, 9.17) is 5.11 Å². The quantitative estimate of drug-likeness (QED) is 0.490. The molecule has 2 atom stereocenters. The van der Waals surface area contributed by atoms with Crippen LogP contribution in [0.2, 0.25) is 0 Å². The maximum atomic E-state index is 12.5. The molecule has 54 valence electrons. The maximum Gasteiger partial charge on any atom is 0.138 e. The fourth-order valence-electron chi connectivity index (χ4n) is 0.993. The van der Waals surface area contributed by atoms with Crippen molar-refractivity contribution in [3.05, 3.63) is 0 Å². The Kier molecular flexibility index (Phi) is 2.42. The SMILES string of the molecule is OC1CCCNC[C@H]1F. The molecule has 1 aliphatic rings. The van der Waals surface area contributed by atoms with Gasteiger partial charge in [-0.25, -0.2) is 4.39 Å². The maximum absolute atomic E-state index is 12.5. The van der Waals surface area contributed by atoms with Crippen molar-refractivity contribution >= 4 is 0 Å². The molecule has 3 heteroatoms. The second-order valence-electron chi connectivity index (χ2n) is 2.43. The van der Waals surface area contributed by atoms with Crippen molar-refractivity contribution in [1.82, 2.24) is 5.32 Å². The monoisotopic (exact) mass is 133 g/mol. The van der Waals surface area contributed by atoms with Crippen LogP contribution in [-0.4, -0.2) is 30.5 Å². The molecule has 1 rings (SSSR count). The van der Waals surface area contributed by atoms with Crippen molar-refractivity contribution in [2.45, 2.75) is 25.1 Å². The number of hydrogen-bond acceptors (Lipinski definition) is 2. The van der Waals surface area contributed by atoms with E-state index in [2.05, 4.69) is 5.32 Å². The molecule has 1 saturated heterocycles. The van der Waals surface area contributed by atoms with E-state index in [0.717, 1.165) is 13.0 Å². The number of hydrogen-bond donors (Lipinski definition) is 2. The molecule has 1 fully saturated rings. The molecule has 2 nitrogen and oxygen atoms in total. The molecule has 0 amide bonds. The molecule has 1 unspecified atom stereocenters. The molecule has 2 N–H and O–H groups in total. The number of halogens is 1. The van der Waals surface area contributed by atoms with E-state index in [1.54, 1.807) is 0 Å². The Hall–Kier alpha value is -0.150. The van der Waals surface area contributed by atoms with E-state index in [-0.39, 0.29) is 0 Å². The van der Waals surface area contributed by atoms with Gasteiger partial charge in [-0.05, 0) is 19.4 Å². The topological polar surface area (TPSA) is 32.3 Å². The normalized spacial score (nSPS) is 38.0. The van der Waals surface area contributed by atoms with Gasteiger partial charge in [0.1, 0.15) is 6.17 Å². The highest BCUT2D eigenvalue weighted by Crippen LogP contribution is 2.07. The summed E-state index contributed by atoms with van der Waals surface area (Å²) in [4.78, 5) is 0. The first-order chi connectivity index (χ1) is 4.30. The molecule has 1 heterocycles. The molecule has 9 heavy (non-hydrogen) atoms. The summed E-state index contributed by atoms with van der Waals surface area (Å²) in [5.74, 6) is 0. The molecule has 0 aromatic carbocycles.